The third-order valence-electron chi connectivity index (χ3n) is 17.9. The lowest BCUT2D eigenvalue weighted by molar-refractivity contribution is -0.161. The number of aliphatic hydroxyl groups excluding tert-OH is 1. The Hall–Kier alpha value is -1.94. The molecular weight excluding hydrogens is 1260 g/mol. The summed E-state index contributed by atoms with van der Waals surface area (Å²) in [6.07, 6.45) is 54.3. The highest BCUT2D eigenvalue weighted by Gasteiger charge is 2.30. The van der Waals surface area contributed by atoms with Gasteiger partial charge in [-0.1, -0.05) is 344 Å². The van der Waals surface area contributed by atoms with Crippen LogP contribution in [-0.4, -0.2) is 96.7 Å². The van der Waals surface area contributed by atoms with Crippen molar-refractivity contribution < 1.29 is 80.2 Å². The minimum atomic E-state index is -4.96. The molecule has 0 bridgehead atoms. The van der Waals surface area contributed by atoms with Crippen molar-refractivity contribution in [3.05, 3.63) is 0 Å². The molecule has 0 saturated heterocycles. The first-order valence-corrected chi connectivity index (χ1v) is 42.8. The van der Waals surface area contributed by atoms with Gasteiger partial charge in [-0.25, -0.2) is 9.13 Å². The highest BCUT2D eigenvalue weighted by atomic mass is 31.2. The van der Waals surface area contributed by atoms with Gasteiger partial charge in [-0.15, -0.1) is 0 Å². The molecule has 0 amide bonds. The van der Waals surface area contributed by atoms with Crippen molar-refractivity contribution in [1.82, 2.24) is 0 Å². The summed E-state index contributed by atoms with van der Waals surface area (Å²) in [6.45, 7) is 11.9. The topological polar surface area (TPSA) is 237 Å². The summed E-state index contributed by atoms with van der Waals surface area (Å²) in [7, 11) is -9.91. The molecule has 0 aromatic rings. The van der Waals surface area contributed by atoms with Crippen LogP contribution in [0, 0.1) is 17.8 Å². The Morgan fingerprint density at radius 2 is 0.479 bits per heavy atom. The van der Waals surface area contributed by atoms with E-state index >= 15 is 0 Å². The SMILES string of the molecule is CCCCCCCCCCCCCC(=O)O[C@H](COC(=O)CCCCCCCCC(C)C)COP(=O)(O)OC[C@H](O)COP(=O)(O)OC[C@@H](COC(=O)CCCCCCCCCCCCCCC(C)C)OC(=O)CCCCCCCCCCCCCCCCCCCCC(C)C. The zero-order valence-electron chi connectivity index (χ0n) is 62.8. The Morgan fingerprint density at radius 3 is 0.708 bits per heavy atom. The number of esters is 4. The number of rotatable bonds is 75. The molecule has 3 N–H and O–H groups in total. The number of hydrogen-bond acceptors (Lipinski definition) is 15. The molecule has 0 aliphatic heterocycles. The number of ether oxygens (including phenoxy) is 4. The maximum absolute atomic E-state index is 13.1. The Morgan fingerprint density at radius 1 is 0.281 bits per heavy atom. The fraction of sp³-hybridized carbons (Fsp3) is 0.948. The molecule has 0 fully saturated rings. The Kier molecular flexibility index (Phi) is 66.2. The molecule has 0 aliphatic carbocycles. The van der Waals surface area contributed by atoms with E-state index in [1.807, 2.05) is 0 Å². The van der Waals surface area contributed by atoms with Gasteiger partial charge in [0.15, 0.2) is 12.2 Å². The predicted molar refractivity (Wildman–Crippen MR) is 391 cm³/mol. The molecule has 0 aromatic carbocycles. The molecule has 17 nitrogen and oxygen atoms in total. The number of carbonyl (C=O) groups is 4. The van der Waals surface area contributed by atoms with Gasteiger partial charge in [0.05, 0.1) is 26.4 Å². The molecule has 19 heteroatoms. The minimum absolute atomic E-state index is 0.106. The summed E-state index contributed by atoms with van der Waals surface area (Å²) in [5, 5.41) is 10.6. The lowest BCUT2D eigenvalue weighted by Gasteiger charge is -2.21. The molecule has 570 valence electrons. The van der Waals surface area contributed by atoms with Crippen molar-refractivity contribution in [2.24, 2.45) is 17.8 Å². The van der Waals surface area contributed by atoms with Crippen LogP contribution in [0.15, 0.2) is 0 Å². The van der Waals surface area contributed by atoms with Gasteiger partial charge >= 0.3 is 39.5 Å². The van der Waals surface area contributed by atoms with Gasteiger partial charge in [0.25, 0.3) is 0 Å². The van der Waals surface area contributed by atoms with E-state index in [0.717, 1.165) is 108 Å². The van der Waals surface area contributed by atoms with E-state index < -0.39 is 97.5 Å². The molecular formula is C77H150O17P2. The molecule has 0 aromatic heterocycles. The molecule has 0 saturated carbocycles. The minimum Gasteiger partial charge on any atom is -0.462 e. The molecule has 2 unspecified atom stereocenters. The summed E-state index contributed by atoms with van der Waals surface area (Å²) in [4.78, 5) is 72.8. The monoisotopic (exact) mass is 1410 g/mol. The van der Waals surface area contributed by atoms with Crippen LogP contribution in [-0.2, 0) is 65.4 Å². The van der Waals surface area contributed by atoms with Crippen LogP contribution in [0.5, 0.6) is 0 Å². The summed E-state index contributed by atoms with van der Waals surface area (Å²) in [6, 6.07) is 0. The van der Waals surface area contributed by atoms with Crippen molar-refractivity contribution in [1.29, 1.82) is 0 Å². The van der Waals surface area contributed by atoms with E-state index in [0.29, 0.717) is 31.6 Å². The second-order valence-corrected chi connectivity index (χ2v) is 32.1. The summed E-state index contributed by atoms with van der Waals surface area (Å²) >= 11 is 0. The number of phosphoric acid groups is 2. The average Bonchev–Trinajstić information content (AvgIpc) is 1.86. The van der Waals surface area contributed by atoms with Gasteiger partial charge in [0, 0.05) is 25.7 Å². The fourth-order valence-electron chi connectivity index (χ4n) is 11.8. The molecule has 5 atom stereocenters. The van der Waals surface area contributed by atoms with Gasteiger partial charge in [0.1, 0.15) is 19.3 Å². The first kappa shape index (κ1) is 94.1. The number of unbranched alkanes of at least 4 members (excludes halogenated alkanes) is 43. The number of aliphatic hydroxyl groups is 1. The van der Waals surface area contributed by atoms with E-state index in [4.69, 9.17) is 37.0 Å². The molecule has 0 rings (SSSR count). The first-order valence-electron chi connectivity index (χ1n) is 39.8. The Labute approximate surface area is 588 Å². The highest BCUT2D eigenvalue weighted by molar-refractivity contribution is 7.47. The van der Waals surface area contributed by atoms with Crippen LogP contribution < -0.4 is 0 Å². The van der Waals surface area contributed by atoms with Gasteiger partial charge < -0.3 is 33.8 Å². The normalized spacial score (nSPS) is 14.1. The summed E-state index contributed by atoms with van der Waals surface area (Å²) in [5.41, 5.74) is 0. The first-order chi connectivity index (χ1) is 46.2. The van der Waals surface area contributed by atoms with Gasteiger partial charge in [-0.05, 0) is 43.4 Å². The van der Waals surface area contributed by atoms with Crippen LogP contribution >= 0.6 is 15.6 Å². The Balaban J connectivity index is 5.20. The third kappa shape index (κ3) is 70.5. The van der Waals surface area contributed by atoms with E-state index in [2.05, 4.69) is 48.5 Å². The molecule has 0 spiro atoms. The number of carbonyl (C=O) groups excluding carboxylic acids is 4. The maximum Gasteiger partial charge on any atom is 0.472 e. The van der Waals surface area contributed by atoms with Crippen LogP contribution in [0.2, 0.25) is 0 Å². The van der Waals surface area contributed by atoms with Crippen LogP contribution in [0.25, 0.3) is 0 Å². The summed E-state index contributed by atoms with van der Waals surface area (Å²) in [5.74, 6) is 0.163. The van der Waals surface area contributed by atoms with E-state index in [1.165, 1.54) is 199 Å². The molecule has 0 aliphatic rings. The van der Waals surface area contributed by atoms with Gasteiger partial charge in [-0.2, -0.15) is 0 Å². The smallest absolute Gasteiger partial charge is 0.462 e. The van der Waals surface area contributed by atoms with Crippen LogP contribution in [0.3, 0.4) is 0 Å². The van der Waals surface area contributed by atoms with Crippen molar-refractivity contribution >= 4 is 39.5 Å². The van der Waals surface area contributed by atoms with Crippen molar-refractivity contribution in [3.63, 3.8) is 0 Å². The number of phosphoric ester groups is 2. The second-order valence-electron chi connectivity index (χ2n) is 29.2. The highest BCUT2D eigenvalue weighted by Crippen LogP contribution is 2.45. The van der Waals surface area contributed by atoms with Crippen molar-refractivity contribution in [3.8, 4) is 0 Å². The van der Waals surface area contributed by atoms with Gasteiger partial charge in [-0.3, -0.25) is 37.3 Å². The van der Waals surface area contributed by atoms with E-state index in [9.17, 15) is 43.2 Å². The van der Waals surface area contributed by atoms with E-state index in [-0.39, 0.29) is 25.7 Å². The fourth-order valence-corrected chi connectivity index (χ4v) is 13.4. The zero-order chi connectivity index (χ0) is 70.9. The van der Waals surface area contributed by atoms with Crippen molar-refractivity contribution in [2.75, 3.05) is 39.6 Å². The van der Waals surface area contributed by atoms with E-state index in [1.54, 1.807) is 0 Å². The van der Waals surface area contributed by atoms with Crippen LogP contribution in [0.4, 0.5) is 0 Å². The lowest BCUT2D eigenvalue weighted by Crippen LogP contribution is -2.30. The summed E-state index contributed by atoms with van der Waals surface area (Å²) < 4.78 is 68.5. The van der Waals surface area contributed by atoms with Crippen molar-refractivity contribution in [2.45, 2.75) is 414 Å². The second kappa shape index (κ2) is 67.5. The molecule has 0 radical (unpaired) electrons. The van der Waals surface area contributed by atoms with Crippen LogP contribution in [0.1, 0.15) is 395 Å². The number of hydrogen-bond donors (Lipinski definition) is 3. The lowest BCUT2D eigenvalue weighted by atomic mass is 10.0. The third-order valence-corrected chi connectivity index (χ3v) is 19.8. The maximum atomic E-state index is 13.1. The Bertz CT molecular complexity index is 1870. The predicted octanol–water partition coefficient (Wildman–Crippen LogP) is 22.6. The average molecular weight is 1410 g/mol. The molecule has 96 heavy (non-hydrogen) atoms. The standard InChI is InChI=1S/C77H150O17P2/c1-8-9-10-11-12-13-24-32-37-46-53-60-76(81)94-73(65-88-75(80)59-52-45-40-39-43-50-57-70(6)7)67-92-96(85,86)90-63-71(78)62-89-95(83,84)91-66-72(64-87-74(79)58-51-44-36-31-27-23-22-26-30-35-42-49-56-69(4)5)93-77(82)61-54-47-38-33-28-21-19-17-15-14-16-18-20-25-29-34-41-48-55-68(2)3/h68-73,78H,8-67H2,1-7H3,(H,83,84)(H,85,86)/t71-,72-,73-/m1/s1. The molecule has 0 heterocycles. The quantitative estimate of drug-likeness (QED) is 0.0222. The zero-order valence-corrected chi connectivity index (χ0v) is 64.6. The largest absolute Gasteiger partial charge is 0.472 e. The van der Waals surface area contributed by atoms with Gasteiger partial charge in [0.2, 0.25) is 0 Å².